The number of aryl methyl sites for hydroxylation is 1. The molecule has 0 bridgehead atoms. The monoisotopic (exact) mass is 279 g/mol. The highest BCUT2D eigenvalue weighted by molar-refractivity contribution is 6.31. The SMILES string of the molecule is CCc1ccc(OCc2cc(F)ccc2Cl)c(N)c1. The summed E-state index contributed by atoms with van der Waals surface area (Å²) in [5.41, 5.74) is 8.22. The van der Waals surface area contributed by atoms with Crippen LogP contribution in [0, 0.1) is 5.82 Å². The summed E-state index contributed by atoms with van der Waals surface area (Å²) in [6, 6.07) is 9.84. The average Bonchev–Trinajstić information content (AvgIpc) is 2.40. The van der Waals surface area contributed by atoms with Crippen molar-refractivity contribution in [1.82, 2.24) is 0 Å². The summed E-state index contributed by atoms with van der Waals surface area (Å²) in [6.45, 7) is 2.24. The second-order valence-electron chi connectivity index (χ2n) is 4.25. The largest absolute Gasteiger partial charge is 0.487 e. The third-order valence-electron chi connectivity index (χ3n) is 2.87. The van der Waals surface area contributed by atoms with Crippen molar-refractivity contribution >= 4 is 17.3 Å². The summed E-state index contributed by atoms with van der Waals surface area (Å²) in [7, 11) is 0. The van der Waals surface area contributed by atoms with Gasteiger partial charge in [0.05, 0.1) is 5.69 Å². The van der Waals surface area contributed by atoms with Crippen molar-refractivity contribution in [3.8, 4) is 5.75 Å². The molecule has 0 heterocycles. The highest BCUT2D eigenvalue weighted by atomic mass is 35.5. The molecular formula is C15H15ClFNO. The van der Waals surface area contributed by atoms with Gasteiger partial charge in [0.1, 0.15) is 18.2 Å². The minimum absolute atomic E-state index is 0.187. The maximum absolute atomic E-state index is 13.1. The third kappa shape index (κ3) is 3.38. The summed E-state index contributed by atoms with van der Waals surface area (Å²) in [5.74, 6) is 0.245. The van der Waals surface area contributed by atoms with E-state index in [2.05, 4.69) is 6.92 Å². The molecule has 0 atom stereocenters. The van der Waals surface area contributed by atoms with Crippen LogP contribution in [0.15, 0.2) is 36.4 Å². The standard InChI is InChI=1S/C15H15ClFNO/c1-2-10-3-6-15(14(18)7-10)19-9-11-8-12(17)4-5-13(11)16/h3-8H,2,9,18H2,1H3. The Morgan fingerprint density at radius 3 is 2.68 bits per heavy atom. The molecule has 0 fully saturated rings. The van der Waals surface area contributed by atoms with Crippen LogP contribution in [-0.2, 0) is 13.0 Å². The predicted octanol–water partition coefficient (Wildman–Crippen LogP) is 4.20. The molecular weight excluding hydrogens is 265 g/mol. The Hall–Kier alpha value is -1.74. The van der Waals surface area contributed by atoms with Gasteiger partial charge in [0.15, 0.2) is 0 Å². The van der Waals surface area contributed by atoms with E-state index in [1.165, 1.54) is 18.2 Å². The van der Waals surface area contributed by atoms with E-state index in [9.17, 15) is 4.39 Å². The van der Waals surface area contributed by atoms with Crippen LogP contribution in [0.3, 0.4) is 0 Å². The lowest BCUT2D eigenvalue weighted by atomic mass is 10.1. The van der Waals surface area contributed by atoms with Gasteiger partial charge in [0, 0.05) is 10.6 Å². The summed E-state index contributed by atoms with van der Waals surface area (Å²) >= 11 is 5.97. The quantitative estimate of drug-likeness (QED) is 0.851. The summed E-state index contributed by atoms with van der Waals surface area (Å²) in [4.78, 5) is 0. The highest BCUT2D eigenvalue weighted by Crippen LogP contribution is 2.25. The van der Waals surface area contributed by atoms with Gasteiger partial charge in [-0.3, -0.25) is 0 Å². The van der Waals surface area contributed by atoms with E-state index in [1.807, 2.05) is 18.2 Å². The second-order valence-corrected chi connectivity index (χ2v) is 4.66. The zero-order chi connectivity index (χ0) is 13.8. The maximum atomic E-state index is 13.1. The van der Waals surface area contributed by atoms with E-state index in [0.29, 0.717) is 22.0 Å². The van der Waals surface area contributed by atoms with Crippen LogP contribution in [0.2, 0.25) is 5.02 Å². The van der Waals surface area contributed by atoms with Crippen molar-refractivity contribution in [2.75, 3.05) is 5.73 Å². The number of benzene rings is 2. The molecule has 2 aromatic rings. The molecule has 0 aromatic heterocycles. The Kier molecular flexibility index (Phi) is 4.27. The molecule has 2 N–H and O–H groups in total. The lowest BCUT2D eigenvalue weighted by Crippen LogP contribution is -2.00. The molecule has 4 heteroatoms. The van der Waals surface area contributed by atoms with E-state index < -0.39 is 0 Å². The molecule has 0 aliphatic heterocycles. The van der Waals surface area contributed by atoms with Gasteiger partial charge < -0.3 is 10.5 Å². The minimum atomic E-state index is -0.336. The zero-order valence-electron chi connectivity index (χ0n) is 10.6. The van der Waals surface area contributed by atoms with Crippen LogP contribution >= 0.6 is 11.6 Å². The summed E-state index contributed by atoms with van der Waals surface area (Å²) in [6.07, 6.45) is 0.917. The smallest absolute Gasteiger partial charge is 0.142 e. The van der Waals surface area contributed by atoms with Gasteiger partial charge >= 0.3 is 0 Å². The van der Waals surface area contributed by atoms with Crippen molar-refractivity contribution in [1.29, 1.82) is 0 Å². The number of ether oxygens (including phenoxy) is 1. The fraction of sp³-hybridized carbons (Fsp3) is 0.200. The van der Waals surface area contributed by atoms with Crippen LogP contribution in [0.5, 0.6) is 5.75 Å². The number of rotatable bonds is 4. The Morgan fingerprint density at radius 1 is 1.21 bits per heavy atom. The molecule has 0 aliphatic rings. The minimum Gasteiger partial charge on any atom is -0.487 e. The van der Waals surface area contributed by atoms with Crippen LogP contribution in [0.25, 0.3) is 0 Å². The van der Waals surface area contributed by atoms with Gasteiger partial charge in [-0.2, -0.15) is 0 Å². The lowest BCUT2D eigenvalue weighted by molar-refractivity contribution is 0.307. The van der Waals surface area contributed by atoms with Crippen molar-refractivity contribution in [3.05, 3.63) is 58.4 Å². The molecule has 2 nitrogen and oxygen atoms in total. The normalized spacial score (nSPS) is 10.5. The number of halogens is 2. The van der Waals surface area contributed by atoms with Gasteiger partial charge in [-0.25, -0.2) is 4.39 Å². The first-order valence-electron chi connectivity index (χ1n) is 6.05. The Balaban J connectivity index is 2.12. The molecule has 2 rings (SSSR count). The second kappa shape index (κ2) is 5.93. The first-order valence-corrected chi connectivity index (χ1v) is 6.43. The van der Waals surface area contributed by atoms with Crippen LogP contribution < -0.4 is 10.5 Å². The fourth-order valence-electron chi connectivity index (χ4n) is 1.76. The number of nitrogen functional groups attached to an aromatic ring is 1. The highest BCUT2D eigenvalue weighted by Gasteiger charge is 2.06. The number of hydrogen-bond donors (Lipinski definition) is 1. The number of anilines is 1. The van der Waals surface area contributed by atoms with E-state index in [-0.39, 0.29) is 12.4 Å². The van der Waals surface area contributed by atoms with E-state index in [0.717, 1.165) is 12.0 Å². The third-order valence-corrected chi connectivity index (χ3v) is 3.24. The molecule has 0 unspecified atom stereocenters. The zero-order valence-corrected chi connectivity index (χ0v) is 11.4. The molecule has 0 saturated heterocycles. The van der Waals surface area contributed by atoms with Gasteiger partial charge in [0.25, 0.3) is 0 Å². The molecule has 0 spiro atoms. The lowest BCUT2D eigenvalue weighted by Gasteiger charge is -2.11. The van der Waals surface area contributed by atoms with Crippen molar-refractivity contribution < 1.29 is 9.13 Å². The van der Waals surface area contributed by atoms with Crippen LogP contribution in [-0.4, -0.2) is 0 Å². The van der Waals surface area contributed by atoms with Crippen molar-refractivity contribution in [2.45, 2.75) is 20.0 Å². The van der Waals surface area contributed by atoms with Crippen molar-refractivity contribution in [2.24, 2.45) is 0 Å². The van der Waals surface area contributed by atoms with Gasteiger partial charge in [0.2, 0.25) is 0 Å². The van der Waals surface area contributed by atoms with Crippen LogP contribution in [0.1, 0.15) is 18.1 Å². The maximum Gasteiger partial charge on any atom is 0.142 e. The van der Waals surface area contributed by atoms with Crippen molar-refractivity contribution in [3.63, 3.8) is 0 Å². The Bertz CT molecular complexity index is 586. The Labute approximate surface area is 117 Å². The number of hydrogen-bond acceptors (Lipinski definition) is 2. The first kappa shape index (κ1) is 13.7. The van der Waals surface area contributed by atoms with E-state index in [1.54, 1.807) is 0 Å². The first-order chi connectivity index (χ1) is 9.10. The average molecular weight is 280 g/mol. The topological polar surface area (TPSA) is 35.2 Å². The summed E-state index contributed by atoms with van der Waals surface area (Å²) in [5, 5.41) is 0.477. The molecule has 19 heavy (non-hydrogen) atoms. The van der Waals surface area contributed by atoms with Gasteiger partial charge in [-0.1, -0.05) is 24.6 Å². The predicted molar refractivity (Wildman–Crippen MR) is 76.0 cm³/mol. The van der Waals surface area contributed by atoms with E-state index >= 15 is 0 Å². The molecule has 0 aliphatic carbocycles. The molecule has 100 valence electrons. The Morgan fingerprint density at radius 2 is 2.00 bits per heavy atom. The van der Waals surface area contributed by atoms with Gasteiger partial charge in [-0.15, -0.1) is 0 Å². The summed E-state index contributed by atoms with van der Waals surface area (Å²) < 4.78 is 18.7. The van der Waals surface area contributed by atoms with Crippen LogP contribution in [0.4, 0.5) is 10.1 Å². The fourth-order valence-corrected chi connectivity index (χ4v) is 1.93. The number of nitrogens with two attached hydrogens (primary N) is 1. The molecule has 0 radical (unpaired) electrons. The van der Waals surface area contributed by atoms with E-state index in [4.69, 9.17) is 22.1 Å². The molecule has 0 amide bonds. The van der Waals surface area contributed by atoms with Gasteiger partial charge in [-0.05, 0) is 42.3 Å². The molecule has 0 saturated carbocycles. The molecule has 2 aromatic carbocycles.